The highest BCUT2D eigenvalue weighted by Gasteiger charge is 2.42. The SMILES string of the molecule is CCOC1C(N)CC1Oc1c(F)cccc1F. The maximum absolute atomic E-state index is 13.3. The molecule has 0 aliphatic heterocycles. The first-order chi connectivity index (χ1) is 8.13. The lowest BCUT2D eigenvalue weighted by Gasteiger charge is -2.41. The molecule has 3 atom stereocenters. The van der Waals surface area contributed by atoms with Crippen LogP contribution in [0.3, 0.4) is 0 Å². The van der Waals surface area contributed by atoms with Crippen molar-refractivity contribution in [1.29, 1.82) is 0 Å². The lowest BCUT2D eigenvalue weighted by atomic mass is 9.86. The third-order valence-electron chi connectivity index (χ3n) is 2.84. The van der Waals surface area contributed by atoms with Gasteiger partial charge in [0.25, 0.3) is 0 Å². The number of nitrogens with two attached hydrogens (primary N) is 1. The zero-order chi connectivity index (χ0) is 12.4. The van der Waals surface area contributed by atoms with E-state index < -0.39 is 11.6 Å². The zero-order valence-corrected chi connectivity index (χ0v) is 9.53. The van der Waals surface area contributed by atoms with Gasteiger partial charge in [-0.05, 0) is 19.1 Å². The van der Waals surface area contributed by atoms with Crippen molar-refractivity contribution in [2.75, 3.05) is 6.61 Å². The number of rotatable bonds is 4. The Morgan fingerprint density at radius 3 is 2.53 bits per heavy atom. The van der Waals surface area contributed by atoms with Crippen molar-refractivity contribution in [3.05, 3.63) is 29.8 Å². The molecule has 0 spiro atoms. The molecule has 0 bridgehead atoms. The molecule has 2 N–H and O–H groups in total. The van der Waals surface area contributed by atoms with Gasteiger partial charge in [-0.15, -0.1) is 0 Å². The van der Waals surface area contributed by atoms with E-state index in [4.69, 9.17) is 15.2 Å². The molecule has 1 saturated carbocycles. The Morgan fingerprint density at radius 2 is 2.00 bits per heavy atom. The van der Waals surface area contributed by atoms with Crippen molar-refractivity contribution >= 4 is 0 Å². The van der Waals surface area contributed by atoms with E-state index in [2.05, 4.69) is 0 Å². The highest BCUT2D eigenvalue weighted by molar-refractivity contribution is 5.27. The fourth-order valence-electron chi connectivity index (χ4n) is 1.90. The van der Waals surface area contributed by atoms with E-state index >= 15 is 0 Å². The minimum Gasteiger partial charge on any atom is -0.481 e. The maximum Gasteiger partial charge on any atom is 0.191 e. The van der Waals surface area contributed by atoms with Gasteiger partial charge in [0.2, 0.25) is 0 Å². The van der Waals surface area contributed by atoms with Gasteiger partial charge in [0.1, 0.15) is 12.2 Å². The van der Waals surface area contributed by atoms with Gasteiger partial charge in [0.15, 0.2) is 17.4 Å². The third kappa shape index (κ3) is 2.40. The van der Waals surface area contributed by atoms with Crippen LogP contribution >= 0.6 is 0 Å². The number of halogens is 2. The van der Waals surface area contributed by atoms with Gasteiger partial charge in [0, 0.05) is 19.1 Å². The van der Waals surface area contributed by atoms with E-state index in [-0.39, 0.29) is 24.0 Å². The lowest BCUT2D eigenvalue weighted by molar-refractivity contribution is -0.0965. The summed E-state index contributed by atoms with van der Waals surface area (Å²) in [6.07, 6.45) is -0.131. The number of hydrogen-bond donors (Lipinski definition) is 1. The first kappa shape index (κ1) is 12.3. The highest BCUT2D eigenvalue weighted by atomic mass is 19.1. The molecule has 5 heteroatoms. The second-order valence-corrected chi connectivity index (χ2v) is 4.03. The van der Waals surface area contributed by atoms with Crippen LogP contribution < -0.4 is 10.5 Å². The van der Waals surface area contributed by atoms with Gasteiger partial charge in [-0.25, -0.2) is 8.78 Å². The zero-order valence-electron chi connectivity index (χ0n) is 9.53. The molecule has 1 aromatic carbocycles. The topological polar surface area (TPSA) is 44.5 Å². The third-order valence-corrected chi connectivity index (χ3v) is 2.84. The van der Waals surface area contributed by atoms with Gasteiger partial charge < -0.3 is 15.2 Å². The highest BCUT2D eigenvalue weighted by Crippen LogP contribution is 2.30. The fraction of sp³-hybridized carbons (Fsp3) is 0.500. The summed E-state index contributed by atoms with van der Waals surface area (Å²) in [6.45, 7) is 2.34. The Morgan fingerprint density at radius 1 is 1.35 bits per heavy atom. The van der Waals surface area contributed by atoms with E-state index in [1.807, 2.05) is 6.92 Å². The van der Waals surface area contributed by atoms with Gasteiger partial charge in [-0.3, -0.25) is 0 Å². The van der Waals surface area contributed by atoms with Gasteiger partial charge in [-0.1, -0.05) is 6.07 Å². The van der Waals surface area contributed by atoms with Gasteiger partial charge >= 0.3 is 0 Å². The van der Waals surface area contributed by atoms with Crippen LogP contribution in [0.25, 0.3) is 0 Å². The van der Waals surface area contributed by atoms with Crippen molar-refractivity contribution in [3.63, 3.8) is 0 Å². The van der Waals surface area contributed by atoms with Crippen molar-refractivity contribution in [3.8, 4) is 5.75 Å². The minimum absolute atomic E-state index is 0.130. The average Bonchev–Trinajstić information content (AvgIpc) is 2.29. The number of ether oxygens (including phenoxy) is 2. The predicted octanol–water partition coefficient (Wildman–Crippen LogP) is 1.85. The summed E-state index contributed by atoms with van der Waals surface area (Å²) in [6, 6.07) is 3.48. The predicted molar refractivity (Wildman–Crippen MR) is 58.8 cm³/mol. The maximum atomic E-state index is 13.3. The van der Waals surface area contributed by atoms with Crippen molar-refractivity contribution in [2.45, 2.75) is 31.6 Å². The quantitative estimate of drug-likeness (QED) is 0.877. The van der Waals surface area contributed by atoms with Crippen LogP contribution in [0.4, 0.5) is 8.78 Å². The molecule has 0 radical (unpaired) electrons. The molecule has 17 heavy (non-hydrogen) atoms. The molecular formula is C12H15F2NO2. The first-order valence-corrected chi connectivity index (χ1v) is 5.61. The molecule has 0 amide bonds. The van der Waals surface area contributed by atoms with E-state index in [1.54, 1.807) is 0 Å². The van der Waals surface area contributed by atoms with Crippen LogP contribution in [0, 0.1) is 11.6 Å². The second kappa shape index (κ2) is 4.98. The summed E-state index contributed by atoms with van der Waals surface area (Å²) < 4.78 is 37.3. The average molecular weight is 243 g/mol. The number of para-hydroxylation sites is 1. The lowest BCUT2D eigenvalue weighted by Crippen LogP contribution is -2.59. The van der Waals surface area contributed by atoms with Crippen LogP contribution in [0.5, 0.6) is 5.75 Å². The van der Waals surface area contributed by atoms with Gasteiger partial charge in [-0.2, -0.15) is 0 Å². The number of benzene rings is 1. The summed E-state index contributed by atoms with van der Waals surface area (Å²) in [5, 5.41) is 0. The van der Waals surface area contributed by atoms with Crippen LogP contribution in [0.2, 0.25) is 0 Å². The molecule has 1 aliphatic rings. The molecule has 0 aromatic heterocycles. The molecule has 1 aliphatic carbocycles. The van der Waals surface area contributed by atoms with E-state index in [0.717, 1.165) is 12.1 Å². The summed E-state index contributed by atoms with van der Waals surface area (Å²) in [5.74, 6) is -1.77. The number of hydrogen-bond acceptors (Lipinski definition) is 3. The van der Waals surface area contributed by atoms with Crippen LogP contribution in [-0.4, -0.2) is 24.9 Å². The largest absolute Gasteiger partial charge is 0.481 e. The minimum atomic E-state index is -0.708. The summed E-state index contributed by atoms with van der Waals surface area (Å²) in [7, 11) is 0. The Labute approximate surface area is 98.5 Å². The Bertz CT molecular complexity index is 380. The van der Waals surface area contributed by atoms with Crippen LogP contribution in [0.15, 0.2) is 18.2 Å². The van der Waals surface area contributed by atoms with Crippen LogP contribution in [-0.2, 0) is 4.74 Å². The van der Waals surface area contributed by atoms with Crippen molar-refractivity contribution in [2.24, 2.45) is 5.73 Å². The molecule has 1 aromatic rings. The van der Waals surface area contributed by atoms with E-state index in [0.29, 0.717) is 13.0 Å². The molecular weight excluding hydrogens is 228 g/mol. The first-order valence-electron chi connectivity index (χ1n) is 5.61. The molecule has 0 heterocycles. The van der Waals surface area contributed by atoms with Gasteiger partial charge in [0.05, 0.1) is 0 Å². The normalized spacial score (nSPS) is 27.6. The standard InChI is InChI=1S/C12H15F2NO2/c1-2-16-12-9(15)6-10(12)17-11-7(13)4-3-5-8(11)14/h3-5,9-10,12H,2,6,15H2,1H3. The summed E-state index contributed by atoms with van der Waals surface area (Å²) in [4.78, 5) is 0. The fourth-order valence-corrected chi connectivity index (χ4v) is 1.90. The Hall–Kier alpha value is -1.20. The van der Waals surface area contributed by atoms with E-state index in [9.17, 15) is 8.78 Å². The molecule has 94 valence electrons. The van der Waals surface area contributed by atoms with Crippen LogP contribution in [0.1, 0.15) is 13.3 Å². The molecule has 3 nitrogen and oxygen atoms in total. The Kier molecular flexibility index (Phi) is 3.59. The molecule has 2 rings (SSSR count). The monoisotopic (exact) mass is 243 g/mol. The molecule has 0 saturated heterocycles. The Balaban J connectivity index is 2.06. The summed E-state index contributed by atoms with van der Waals surface area (Å²) in [5.41, 5.74) is 5.74. The van der Waals surface area contributed by atoms with E-state index in [1.165, 1.54) is 6.07 Å². The van der Waals surface area contributed by atoms with Crippen molar-refractivity contribution < 1.29 is 18.3 Å². The molecule has 1 fully saturated rings. The smallest absolute Gasteiger partial charge is 0.191 e. The molecule has 3 unspecified atom stereocenters. The summed E-state index contributed by atoms with van der Waals surface area (Å²) >= 11 is 0. The second-order valence-electron chi connectivity index (χ2n) is 4.03. The van der Waals surface area contributed by atoms with Crippen molar-refractivity contribution in [1.82, 2.24) is 0 Å².